The van der Waals surface area contributed by atoms with E-state index in [1.807, 2.05) is 102 Å². The molecule has 0 unspecified atom stereocenters. The maximum Gasteiger partial charge on any atom is 0.338 e. The number of aromatic nitrogens is 8. The van der Waals surface area contributed by atoms with Crippen molar-refractivity contribution in [3.63, 3.8) is 0 Å². The lowest BCUT2D eigenvalue weighted by molar-refractivity contribution is 0.0505. The van der Waals surface area contributed by atoms with E-state index in [2.05, 4.69) is 9.97 Å². The van der Waals surface area contributed by atoms with E-state index < -0.39 is 47.8 Å². The number of benzene rings is 6. The van der Waals surface area contributed by atoms with Crippen LogP contribution >= 0.6 is 0 Å². The predicted octanol–water partition coefficient (Wildman–Crippen LogP) is 19.3. The Kier molecular flexibility index (Phi) is 26.0. The molecule has 622 valence electrons. The van der Waals surface area contributed by atoms with Gasteiger partial charge in [-0.2, -0.15) is 0 Å². The third kappa shape index (κ3) is 18.3. The quantitative estimate of drug-likeness (QED) is 0.0340. The summed E-state index contributed by atoms with van der Waals surface area (Å²) in [5.41, 5.74) is 10.6. The number of carbonyl (C=O) groups excluding carboxylic acids is 8. The van der Waals surface area contributed by atoms with Crippen molar-refractivity contribution in [2.75, 3.05) is 52.9 Å². The number of carbonyl (C=O) groups is 8. The molecule has 0 atom stereocenters. The number of H-pyrrole nitrogens is 2. The van der Waals surface area contributed by atoms with Crippen LogP contribution in [0.5, 0.6) is 46.5 Å². The number of aromatic amines is 2. The van der Waals surface area contributed by atoms with Crippen molar-refractivity contribution >= 4 is 94.1 Å². The van der Waals surface area contributed by atoms with Gasteiger partial charge in [-0.05, 0) is 252 Å². The highest BCUT2D eigenvalue weighted by molar-refractivity contribution is 6.05. The van der Waals surface area contributed by atoms with E-state index >= 15 is 0 Å². The summed E-state index contributed by atoms with van der Waals surface area (Å²) in [4.78, 5) is 149. The van der Waals surface area contributed by atoms with E-state index in [0.717, 1.165) is 57.2 Å². The molecule has 6 aromatic carbocycles. The van der Waals surface area contributed by atoms with Crippen LogP contribution < -0.4 is 18.9 Å². The molecule has 0 fully saturated rings. The summed E-state index contributed by atoms with van der Waals surface area (Å²) >= 11 is 0. The molecular formula is C94H86N8O20. The Bertz CT molecular complexity index is 5540. The Morgan fingerprint density at radius 2 is 0.443 bits per heavy atom. The van der Waals surface area contributed by atoms with E-state index in [4.69, 9.17) is 86.7 Å². The van der Waals surface area contributed by atoms with Gasteiger partial charge >= 0.3 is 47.8 Å². The van der Waals surface area contributed by atoms with Crippen LogP contribution in [0.15, 0.2) is 134 Å². The van der Waals surface area contributed by atoms with Gasteiger partial charge in [0.15, 0.2) is 0 Å². The van der Waals surface area contributed by atoms with Gasteiger partial charge in [0, 0.05) is 44.3 Å². The molecule has 2 aliphatic heterocycles. The number of fused-ring (bicyclic) bond motifs is 8. The average molecular weight is 1650 g/mol. The van der Waals surface area contributed by atoms with Gasteiger partial charge in [-0.25, -0.2) is 68.3 Å². The van der Waals surface area contributed by atoms with Crippen LogP contribution in [0.3, 0.4) is 0 Å². The van der Waals surface area contributed by atoms with E-state index in [0.29, 0.717) is 44.6 Å². The summed E-state index contributed by atoms with van der Waals surface area (Å²) in [6.45, 7) is 25.0. The monoisotopic (exact) mass is 1650 g/mol. The van der Waals surface area contributed by atoms with Crippen LogP contribution in [0.4, 0.5) is 0 Å². The fraction of sp³-hybridized carbons (Fsp3) is 0.234. The van der Waals surface area contributed by atoms with E-state index in [-0.39, 0.29) is 178 Å². The Balaban J connectivity index is 1.20. The molecule has 2 N–H and O–H groups in total. The minimum absolute atomic E-state index is 0.00988. The van der Waals surface area contributed by atoms with Crippen molar-refractivity contribution in [1.29, 1.82) is 0 Å². The Hall–Kier alpha value is -15.0. The smallest absolute Gasteiger partial charge is 0.338 e. The molecule has 0 saturated carbocycles. The lowest BCUT2D eigenvalue weighted by atomic mass is 9.92. The second kappa shape index (κ2) is 37.3. The molecule has 0 saturated heterocycles. The van der Waals surface area contributed by atoms with Gasteiger partial charge in [-0.15, -0.1) is 0 Å². The molecule has 11 aromatic rings. The molecule has 8 bridgehead atoms. The van der Waals surface area contributed by atoms with E-state index in [9.17, 15) is 38.4 Å². The van der Waals surface area contributed by atoms with E-state index in [1.54, 1.807) is 67.5 Å². The van der Waals surface area contributed by atoms with Crippen LogP contribution in [0, 0.1) is 41.5 Å². The summed E-state index contributed by atoms with van der Waals surface area (Å²) in [5, 5.41) is 0. The zero-order valence-corrected chi connectivity index (χ0v) is 69.5. The lowest BCUT2D eigenvalue weighted by Crippen LogP contribution is -2.10. The number of rotatable bonds is 28. The van der Waals surface area contributed by atoms with Gasteiger partial charge in [0.05, 0.1) is 120 Å². The Morgan fingerprint density at radius 3 is 0.631 bits per heavy atom. The highest BCUT2D eigenvalue weighted by Gasteiger charge is 2.32. The Morgan fingerprint density at radius 1 is 0.254 bits per heavy atom. The molecule has 0 aliphatic carbocycles. The largest absolute Gasteiger partial charge is 0.462 e. The number of nitrogens with one attached hydrogen (secondary N) is 2. The SMILES string of the molecule is CCOC(=O)c1cc(Oc2ncnc(Oc3cc(C(=O)OCC)cc(C(=O)OCC)c3)c2-c2c3nc(c(-c4c(C)cc(C)cc4C)c4ccc([nH]4)c(-c4c(Oc5cc(C(=O)OCC)cc(C(=O)OCC)c5)ncnc4Oc4cc(C(=O)OCC)cc(C(=O)OCC)c4)c4nc(c(-c5c(C)cc(C)cc5C)c5ccc2[nH]5)C=C4)C=C3)cc(C(=O)OCC)c1. The fourth-order valence-electron chi connectivity index (χ4n) is 14.6. The number of nitrogens with zero attached hydrogens (tertiary/aromatic N) is 6. The van der Waals surface area contributed by atoms with Gasteiger partial charge in [-0.3, -0.25) is 0 Å². The minimum Gasteiger partial charge on any atom is -0.462 e. The zero-order valence-electron chi connectivity index (χ0n) is 69.5. The summed E-state index contributed by atoms with van der Waals surface area (Å²) < 4.78 is 71.6. The second-order valence-electron chi connectivity index (χ2n) is 27.9. The predicted molar refractivity (Wildman–Crippen MR) is 454 cm³/mol. The molecule has 28 heteroatoms. The summed E-state index contributed by atoms with van der Waals surface area (Å²) in [6.07, 6.45) is 9.57. The minimum atomic E-state index is -0.781. The van der Waals surface area contributed by atoms with Crippen molar-refractivity contribution in [2.24, 2.45) is 0 Å². The Labute approximate surface area is 701 Å². The van der Waals surface area contributed by atoms with Crippen LogP contribution in [-0.4, -0.2) is 140 Å². The topological polar surface area (TPSA) is 356 Å². The number of ether oxygens (including phenoxy) is 12. The molecule has 13 rings (SSSR count). The van der Waals surface area contributed by atoms with Crippen LogP contribution in [-0.2, 0) is 37.9 Å². The van der Waals surface area contributed by atoms with Crippen molar-refractivity contribution in [1.82, 2.24) is 39.9 Å². The zero-order chi connectivity index (χ0) is 86.7. The number of hydrogen-bond donors (Lipinski definition) is 2. The van der Waals surface area contributed by atoms with Gasteiger partial charge in [0.1, 0.15) is 46.8 Å². The van der Waals surface area contributed by atoms with Gasteiger partial charge in [0.25, 0.3) is 0 Å². The van der Waals surface area contributed by atoms with Crippen molar-refractivity contribution in [2.45, 2.75) is 96.9 Å². The first-order valence-corrected chi connectivity index (χ1v) is 39.6. The standard InChI is InChI=1S/C94H86N8O20/c1-15-111-87(103)55-35-56(88(104)112-16-2)40-63(39-55)119-83-81(84(96-47-95-83)120-64-41-57(89(105)113-17-3)36-58(42-64)90(106)114-18-4)79-71-27-23-67(99-71)77(75-51(11)31-49(9)32-52(75)12)69-25-29-73(101-69)80(74-30-26-70(102-74)78(68-24-28-72(79)100-68)76-53(13)33-50(10)34-54(76)14)82-85(121-65-43-59(91(107)115-19-5)37-60(44-65)92(108)116-20-6)97-48-98-86(82)122-66-45-61(93(109)117-21-7)38-62(46-66)94(110)118-22-8/h23-48,99,102H,15-22H2,1-14H3. The molecule has 28 nitrogen and oxygen atoms in total. The maximum atomic E-state index is 13.8. The van der Waals surface area contributed by atoms with Gasteiger partial charge < -0.3 is 66.8 Å². The third-order valence-electron chi connectivity index (χ3n) is 19.2. The molecule has 122 heavy (non-hydrogen) atoms. The molecular weight excluding hydrogens is 1560 g/mol. The first-order valence-electron chi connectivity index (χ1n) is 39.6. The molecule has 5 aromatic heterocycles. The van der Waals surface area contributed by atoms with Crippen LogP contribution in [0.1, 0.15) is 194 Å². The summed E-state index contributed by atoms with van der Waals surface area (Å²) in [6, 6.07) is 31.9. The lowest BCUT2D eigenvalue weighted by Gasteiger charge is -2.17. The second-order valence-corrected chi connectivity index (χ2v) is 27.9. The first kappa shape index (κ1) is 84.9. The van der Waals surface area contributed by atoms with Gasteiger partial charge in [-0.1, -0.05) is 35.4 Å². The molecule has 2 aliphatic rings. The maximum absolute atomic E-state index is 13.8. The van der Waals surface area contributed by atoms with Crippen LogP contribution in [0.2, 0.25) is 0 Å². The first-order chi connectivity index (χ1) is 58.8. The number of hydrogen-bond acceptors (Lipinski definition) is 26. The third-order valence-corrected chi connectivity index (χ3v) is 19.2. The summed E-state index contributed by atoms with van der Waals surface area (Å²) in [5.74, 6) is -7.56. The molecule has 0 amide bonds. The van der Waals surface area contributed by atoms with Gasteiger partial charge in [0.2, 0.25) is 23.5 Å². The fourth-order valence-corrected chi connectivity index (χ4v) is 14.6. The molecule has 0 radical (unpaired) electrons. The normalized spacial score (nSPS) is 11.3. The summed E-state index contributed by atoms with van der Waals surface area (Å²) in [7, 11) is 0. The highest BCUT2D eigenvalue weighted by Crippen LogP contribution is 2.49. The van der Waals surface area contributed by atoms with Crippen molar-refractivity contribution in [3.05, 3.63) is 235 Å². The van der Waals surface area contributed by atoms with E-state index in [1.165, 1.54) is 72.8 Å². The molecule has 0 spiro atoms. The average Bonchev–Trinajstić information content (AvgIpc) is 1.57. The van der Waals surface area contributed by atoms with Crippen LogP contribution in [0.25, 0.3) is 90.9 Å². The van der Waals surface area contributed by atoms with Crippen molar-refractivity contribution < 1.29 is 95.2 Å². The number of esters is 8. The molecule has 7 heterocycles. The highest BCUT2D eigenvalue weighted by atomic mass is 16.6. The van der Waals surface area contributed by atoms with Crippen molar-refractivity contribution in [3.8, 4) is 91.0 Å². The number of aryl methyl sites for hydroxylation is 6.